The van der Waals surface area contributed by atoms with Gasteiger partial charge in [-0.25, -0.2) is 15.8 Å². The van der Waals surface area contributed by atoms with E-state index in [0.29, 0.717) is 5.92 Å². The average Bonchev–Trinajstić information content (AvgIpc) is 2.73. The molecule has 1 heterocycles. The number of hydrazine groups is 1. The number of aryl methyl sites for hydroxylation is 1. The summed E-state index contributed by atoms with van der Waals surface area (Å²) in [5, 5.41) is 0. The van der Waals surface area contributed by atoms with Crippen molar-refractivity contribution in [2.45, 2.75) is 44.4 Å². The maximum Gasteiger partial charge on any atom is 0.147 e. The van der Waals surface area contributed by atoms with Gasteiger partial charge < -0.3 is 5.43 Å². The summed E-state index contributed by atoms with van der Waals surface area (Å²) >= 11 is 0. The van der Waals surface area contributed by atoms with Gasteiger partial charge in [0.2, 0.25) is 0 Å². The first-order valence-electron chi connectivity index (χ1n) is 7.81. The number of nitrogens with two attached hydrogens (primary N) is 1. The highest BCUT2D eigenvalue weighted by molar-refractivity contribution is 5.50. The molecule has 4 rings (SSSR count). The molecule has 108 valence electrons. The quantitative estimate of drug-likeness (QED) is 0.504. The topological polar surface area (TPSA) is 63.8 Å². The van der Waals surface area contributed by atoms with Crippen molar-refractivity contribution in [3.63, 3.8) is 0 Å². The summed E-state index contributed by atoms with van der Waals surface area (Å²) in [4.78, 5) is 9.62. The molecule has 21 heavy (non-hydrogen) atoms. The summed E-state index contributed by atoms with van der Waals surface area (Å²) in [5.74, 6) is 7.81. The monoisotopic (exact) mass is 280 g/mol. The van der Waals surface area contributed by atoms with Crippen LogP contribution in [0.25, 0.3) is 0 Å². The van der Waals surface area contributed by atoms with E-state index in [1.807, 2.05) is 0 Å². The largest absolute Gasteiger partial charge is 0.308 e. The Balaban J connectivity index is 1.76. The Morgan fingerprint density at radius 3 is 2.76 bits per heavy atom. The summed E-state index contributed by atoms with van der Waals surface area (Å²) in [6, 6.07) is 8.57. The molecule has 2 aromatic rings. The van der Waals surface area contributed by atoms with E-state index in [0.717, 1.165) is 30.9 Å². The highest BCUT2D eigenvalue weighted by atomic mass is 15.3. The van der Waals surface area contributed by atoms with Crippen molar-refractivity contribution in [2.24, 2.45) is 5.84 Å². The molecule has 1 unspecified atom stereocenters. The lowest BCUT2D eigenvalue weighted by molar-refractivity contribution is 0.650. The fraction of sp³-hybridized carbons (Fsp3) is 0.412. The van der Waals surface area contributed by atoms with Crippen LogP contribution >= 0.6 is 0 Å². The summed E-state index contributed by atoms with van der Waals surface area (Å²) in [6.45, 7) is 0. The van der Waals surface area contributed by atoms with E-state index in [9.17, 15) is 0 Å². The van der Waals surface area contributed by atoms with Crippen molar-refractivity contribution in [1.29, 1.82) is 0 Å². The zero-order valence-electron chi connectivity index (χ0n) is 12.1. The Kier molecular flexibility index (Phi) is 3.11. The smallest absolute Gasteiger partial charge is 0.147 e. The summed E-state index contributed by atoms with van der Waals surface area (Å²) in [5.41, 5.74) is 8.02. The summed E-state index contributed by atoms with van der Waals surface area (Å²) < 4.78 is 0. The van der Waals surface area contributed by atoms with Crippen LogP contribution in [-0.4, -0.2) is 9.97 Å². The van der Waals surface area contributed by atoms with Crippen molar-refractivity contribution in [3.8, 4) is 0 Å². The lowest BCUT2D eigenvalue weighted by Gasteiger charge is -2.29. The molecule has 1 atom stereocenters. The van der Waals surface area contributed by atoms with Crippen molar-refractivity contribution < 1.29 is 0 Å². The van der Waals surface area contributed by atoms with Crippen LogP contribution in [-0.2, 0) is 19.3 Å². The van der Waals surface area contributed by atoms with Crippen LogP contribution in [0.2, 0.25) is 0 Å². The van der Waals surface area contributed by atoms with E-state index in [4.69, 9.17) is 15.8 Å². The molecule has 4 heteroatoms. The van der Waals surface area contributed by atoms with E-state index < -0.39 is 0 Å². The van der Waals surface area contributed by atoms with Gasteiger partial charge in [0.15, 0.2) is 0 Å². The van der Waals surface area contributed by atoms with E-state index in [1.54, 1.807) is 0 Å². The van der Waals surface area contributed by atoms with Crippen LogP contribution in [0.1, 0.15) is 53.4 Å². The van der Waals surface area contributed by atoms with Gasteiger partial charge in [-0.15, -0.1) is 0 Å². The molecule has 0 radical (unpaired) electrons. The lowest BCUT2D eigenvalue weighted by Crippen LogP contribution is -2.23. The van der Waals surface area contributed by atoms with Crippen molar-refractivity contribution >= 4 is 5.82 Å². The number of benzene rings is 1. The Hall–Kier alpha value is -1.94. The maximum atomic E-state index is 5.71. The first-order chi connectivity index (χ1) is 10.4. The molecule has 0 spiro atoms. The van der Waals surface area contributed by atoms with Crippen LogP contribution in [0.15, 0.2) is 24.3 Å². The van der Waals surface area contributed by atoms with Gasteiger partial charge in [-0.1, -0.05) is 30.7 Å². The number of nitrogens with one attached hydrogen (secondary N) is 1. The molecule has 3 N–H and O–H groups in total. The van der Waals surface area contributed by atoms with Crippen molar-refractivity contribution in [3.05, 3.63) is 52.5 Å². The van der Waals surface area contributed by atoms with Crippen LogP contribution < -0.4 is 11.3 Å². The number of hydrogen-bond donors (Lipinski definition) is 2. The Labute approximate surface area is 124 Å². The molecule has 0 amide bonds. The third kappa shape index (κ3) is 2.10. The normalized spacial score (nSPS) is 20.0. The molecule has 0 saturated carbocycles. The molecule has 0 aliphatic heterocycles. The van der Waals surface area contributed by atoms with Gasteiger partial charge >= 0.3 is 0 Å². The fourth-order valence-electron chi connectivity index (χ4n) is 3.55. The number of nitrogen functional groups attached to an aromatic ring is 1. The van der Waals surface area contributed by atoms with Gasteiger partial charge in [0, 0.05) is 17.2 Å². The summed E-state index contributed by atoms with van der Waals surface area (Å²) in [7, 11) is 0. The van der Waals surface area contributed by atoms with Crippen LogP contribution in [0.3, 0.4) is 0 Å². The molecule has 1 aromatic carbocycles. The molecule has 2 aliphatic rings. The molecular formula is C17H20N4. The van der Waals surface area contributed by atoms with Gasteiger partial charge in [0.25, 0.3) is 0 Å². The van der Waals surface area contributed by atoms with Gasteiger partial charge in [-0.2, -0.15) is 0 Å². The number of anilines is 1. The van der Waals surface area contributed by atoms with Crippen molar-refractivity contribution in [1.82, 2.24) is 9.97 Å². The number of aromatic nitrogens is 2. The maximum absolute atomic E-state index is 5.71. The zero-order chi connectivity index (χ0) is 14.2. The average molecular weight is 280 g/mol. The van der Waals surface area contributed by atoms with Gasteiger partial charge in [0.05, 0.1) is 0 Å². The highest BCUT2D eigenvalue weighted by Crippen LogP contribution is 2.39. The zero-order valence-corrected chi connectivity index (χ0v) is 12.1. The SMILES string of the molecule is NNc1nc(C2Cc3ccccc32)nc2c1CCCCC2. The van der Waals surface area contributed by atoms with Gasteiger partial charge in [0.1, 0.15) is 11.6 Å². The predicted octanol–water partition coefficient (Wildman–Crippen LogP) is 2.72. The van der Waals surface area contributed by atoms with Crippen LogP contribution in [0.4, 0.5) is 5.82 Å². The van der Waals surface area contributed by atoms with Crippen molar-refractivity contribution in [2.75, 3.05) is 5.43 Å². The van der Waals surface area contributed by atoms with E-state index in [1.165, 1.54) is 41.6 Å². The van der Waals surface area contributed by atoms with Gasteiger partial charge in [-0.05, 0) is 43.2 Å². The fourth-order valence-corrected chi connectivity index (χ4v) is 3.55. The number of nitrogens with zero attached hydrogens (tertiary/aromatic N) is 2. The predicted molar refractivity (Wildman–Crippen MR) is 83.1 cm³/mol. The first kappa shape index (κ1) is 12.8. The van der Waals surface area contributed by atoms with E-state index in [-0.39, 0.29) is 0 Å². The lowest BCUT2D eigenvalue weighted by atomic mass is 9.77. The molecule has 0 bridgehead atoms. The Bertz CT molecular complexity index is 680. The molecule has 0 saturated heterocycles. The number of fused-ring (bicyclic) bond motifs is 2. The Morgan fingerprint density at radius 2 is 1.90 bits per heavy atom. The minimum absolute atomic E-state index is 0.335. The minimum Gasteiger partial charge on any atom is -0.308 e. The van der Waals surface area contributed by atoms with Crippen LogP contribution in [0.5, 0.6) is 0 Å². The molecule has 4 nitrogen and oxygen atoms in total. The number of hydrogen-bond acceptors (Lipinski definition) is 4. The second-order valence-electron chi connectivity index (χ2n) is 6.02. The molecule has 1 aromatic heterocycles. The van der Waals surface area contributed by atoms with Crippen LogP contribution in [0, 0.1) is 0 Å². The minimum atomic E-state index is 0.335. The third-order valence-corrected chi connectivity index (χ3v) is 4.75. The second-order valence-corrected chi connectivity index (χ2v) is 6.02. The first-order valence-corrected chi connectivity index (χ1v) is 7.81. The Morgan fingerprint density at radius 1 is 1.05 bits per heavy atom. The third-order valence-electron chi connectivity index (χ3n) is 4.75. The standard InChI is InChI=1S/C17H20N4/c18-21-17-13-8-2-1-3-9-15(13)19-16(20-17)14-10-11-6-4-5-7-12(11)14/h4-7,14H,1-3,8-10,18H2,(H,19,20,21). The van der Waals surface area contributed by atoms with E-state index in [2.05, 4.69) is 29.7 Å². The molecule has 0 fully saturated rings. The van der Waals surface area contributed by atoms with Gasteiger partial charge in [-0.3, -0.25) is 0 Å². The summed E-state index contributed by atoms with van der Waals surface area (Å²) in [6.07, 6.45) is 6.82. The number of rotatable bonds is 2. The second kappa shape index (κ2) is 5.11. The highest BCUT2D eigenvalue weighted by Gasteiger charge is 2.30. The molecule has 2 aliphatic carbocycles. The molecular weight excluding hydrogens is 260 g/mol. The van der Waals surface area contributed by atoms with E-state index >= 15 is 0 Å².